The van der Waals surface area contributed by atoms with Gasteiger partial charge in [-0.1, -0.05) is 134 Å². The number of nitrogens with zero attached hydrogens (tertiary/aromatic N) is 2. The molecule has 0 bridgehead atoms. The summed E-state index contributed by atoms with van der Waals surface area (Å²) in [7, 11) is 0. The molecule has 0 radical (unpaired) electrons. The number of halogens is 3. The number of hydrogen-bond acceptors (Lipinski definition) is 3. The predicted octanol–water partition coefficient (Wildman–Crippen LogP) is 17.9. The van der Waals surface area contributed by atoms with E-state index < -0.39 is 11.7 Å². The van der Waals surface area contributed by atoms with Crippen molar-refractivity contribution in [3.63, 3.8) is 0 Å². The van der Waals surface area contributed by atoms with E-state index in [2.05, 4.69) is 193 Å². The summed E-state index contributed by atoms with van der Waals surface area (Å²) < 4.78 is 50.5. The van der Waals surface area contributed by atoms with Crippen LogP contribution in [0.25, 0.3) is 22.1 Å². The molecule has 7 heteroatoms. The molecule has 0 unspecified atom stereocenters. The molecule has 0 fully saturated rings. The Balaban J connectivity index is 1.22. The van der Waals surface area contributed by atoms with Crippen molar-refractivity contribution in [1.82, 2.24) is 0 Å². The van der Waals surface area contributed by atoms with E-state index in [0.717, 1.165) is 112 Å². The first-order chi connectivity index (χ1) is 34.8. The number of hydrogen-bond donors (Lipinski definition) is 0. The lowest BCUT2D eigenvalue weighted by atomic mass is 9.35. The van der Waals surface area contributed by atoms with E-state index in [-0.39, 0.29) is 44.6 Å². The van der Waals surface area contributed by atoms with Crippen LogP contribution < -0.4 is 26.4 Å². The van der Waals surface area contributed by atoms with E-state index in [1.807, 2.05) is 0 Å². The van der Waals surface area contributed by atoms with Crippen LogP contribution >= 0.6 is 0 Å². The molecular formula is C68H76BF3N2O. The van der Waals surface area contributed by atoms with E-state index in [4.69, 9.17) is 4.42 Å². The number of furan rings is 1. The highest BCUT2D eigenvalue weighted by Crippen LogP contribution is 2.56. The quantitative estimate of drug-likeness (QED) is 0.164. The zero-order valence-corrected chi connectivity index (χ0v) is 47.5. The Labute approximate surface area is 445 Å². The van der Waals surface area contributed by atoms with Crippen LogP contribution in [0.2, 0.25) is 0 Å². The minimum Gasteiger partial charge on any atom is -0.468 e. The molecule has 12 rings (SSSR count). The van der Waals surface area contributed by atoms with Crippen LogP contribution in [0, 0.1) is 6.92 Å². The molecule has 7 aromatic rings. The van der Waals surface area contributed by atoms with Gasteiger partial charge >= 0.3 is 6.18 Å². The molecule has 2 aliphatic heterocycles. The van der Waals surface area contributed by atoms with Crippen molar-refractivity contribution in [1.29, 1.82) is 0 Å². The fourth-order valence-electron chi connectivity index (χ4n) is 14.2. The van der Waals surface area contributed by atoms with Gasteiger partial charge in [-0.25, -0.2) is 0 Å². The molecule has 1 aromatic heterocycles. The van der Waals surface area contributed by atoms with Gasteiger partial charge in [0.2, 0.25) is 0 Å². The smallest absolute Gasteiger partial charge is 0.416 e. The van der Waals surface area contributed by atoms with E-state index in [0.29, 0.717) is 0 Å². The van der Waals surface area contributed by atoms with Gasteiger partial charge in [0.15, 0.2) is 0 Å². The third-order valence-corrected chi connectivity index (χ3v) is 19.5. The van der Waals surface area contributed by atoms with Crippen LogP contribution in [0.15, 0.2) is 101 Å². The maximum atomic E-state index is 14.3. The van der Waals surface area contributed by atoms with Gasteiger partial charge in [-0.15, -0.1) is 0 Å². The van der Waals surface area contributed by atoms with Crippen molar-refractivity contribution in [3.8, 4) is 11.1 Å². The van der Waals surface area contributed by atoms with Gasteiger partial charge in [0, 0.05) is 33.7 Å². The summed E-state index contributed by atoms with van der Waals surface area (Å²) in [6.45, 7) is 37.4. The second-order valence-corrected chi connectivity index (χ2v) is 28.6. The third-order valence-electron chi connectivity index (χ3n) is 19.5. The third kappa shape index (κ3) is 7.56. The first-order valence-corrected chi connectivity index (χ1v) is 27.8. The van der Waals surface area contributed by atoms with Gasteiger partial charge < -0.3 is 14.2 Å². The Hall–Kier alpha value is -5.69. The minimum atomic E-state index is -4.45. The van der Waals surface area contributed by atoms with Crippen molar-refractivity contribution in [2.24, 2.45) is 0 Å². The van der Waals surface area contributed by atoms with Crippen molar-refractivity contribution >= 4 is 68.4 Å². The molecular weight excluding hydrogens is 929 g/mol. The zero-order valence-electron chi connectivity index (χ0n) is 47.5. The minimum absolute atomic E-state index is 0.0150. The molecule has 75 heavy (non-hydrogen) atoms. The molecule has 0 N–H and O–H groups in total. The largest absolute Gasteiger partial charge is 0.468 e. The second kappa shape index (κ2) is 15.7. The molecule has 3 nitrogen and oxygen atoms in total. The molecule has 0 saturated carbocycles. The van der Waals surface area contributed by atoms with E-state index in [9.17, 15) is 13.2 Å². The van der Waals surface area contributed by atoms with Crippen LogP contribution in [0.4, 0.5) is 47.3 Å². The number of rotatable bonds is 3. The first-order valence-electron chi connectivity index (χ1n) is 27.8. The van der Waals surface area contributed by atoms with Crippen molar-refractivity contribution in [2.45, 2.75) is 193 Å². The summed E-state index contributed by atoms with van der Waals surface area (Å²) in [6.07, 6.45) is 2.13. The Morgan fingerprint density at radius 2 is 0.973 bits per heavy atom. The number of aryl methyl sites for hydroxylation is 1. The Bertz CT molecular complexity index is 3560. The lowest BCUT2D eigenvalue weighted by Gasteiger charge is -2.47. The lowest BCUT2D eigenvalue weighted by molar-refractivity contribution is -0.137. The van der Waals surface area contributed by atoms with Crippen LogP contribution in [-0.2, 0) is 44.1 Å². The molecule has 0 spiro atoms. The number of fused-ring (bicyclic) bond motifs is 9. The monoisotopic (exact) mass is 1000 g/mol. The molecule has 3 heterocycles. The molecule has 0 atom stereocenters. The summed E-state index contributed by atoms with van der Waals surface area (Å²) in [5, 5.41) is 1.14. The van der Waals surface area contributed by atoms with Gasteiger partial charge in [-0.3, -0.25) is 0 Å². The van der Waals surface area contributed by atoms with Crippen molar-refractivity contribution in [3.05, 3.63) is 147 Å². The molecule has 0 saturated heterocycles. The highest BCUT2D eigenvalue weighted by molar-refractivity contribution is 7.00. The van der Waals surface area contributed by atoms with Crippen molar-refractivity contribution < 1.29 is 17.6 Å². The van der Waals surface area contributed by atoms with Gasteiger partial charge in [-0.2, -0.15) is 13.2 Å². The number of anilines is 6. The normalized spacial score (nSPS) is 20.2. The Morgan fingerprint density at radius 3 is 1.53 bits per heavy atom. The SMILES string of the molecule is Cc1cc2c3c(c1)N(c1ccc4c(c1)C(C)(C)CCC4(C)C)c1c(oc4cc5c(cc14)C(C)(C)CCC5(C)C)B3c1cc3c(cc1N2c1ccc(C(C)(C)C)cc1-c1ccc(C(F)(F)F)cc1)C(C)(C)CCC3(C)C. The maximum absolute atomic E-state index is 14.3. The molecule has 6 aromatic carbocycles. The Morgan fingerprint density at radius 1 is 0.480 bits per heavy atom. The summed E-state index contributed by atoms with van der Waals surface area (Å²) in [4.78, 5) is 5.03. The molecule has 5 aliphatic rings. The van der Waals surface area contributed by atoms with Crippen molar-refractivity contribution in [2.75, 3.05) is 9.80 Å². The van der Waals surface area contributed by atoms with E-state index in [1.54, 1.807) is 12.1 Å². The molecule has 388 valence electrons. The van der Waals surface area contributed by atoms with E-state index in [1.165, 1.54) is 56.4 Å². The topological polar surface area (TPSA) is 19.6 Å². The highest BCUT2D eigenvalue weighted by Gasteiger charge is 2.51. The van der Waals surface area contributed by atoms with Gasteiger partial charge in [0.25, 0.3) is 6.71 Å². The highest BCUT2D eigenvalue weighted by atomic mass is 19.4. The maximum Gasteiger partial charge on any atom is 0.416 e. The van der Waals surface area contributed by atoms with Crippen LogP contribution in [0.5, 0.6) is 0 Å². The fourth-order valence-corrected chi connectivity index (χ4v) is 14.2. The lowest BCUT2D eigenvalue weighted by Crippen LogP contribution is -2.61. The average Bonchev–Trinajstić information content (AvgIpc) is 3.70. The van der Waals surface area contributed by atoms with Gasteiger partial charge in [0.05, 0.1) is 22.6 Å². The Kier molecular flexibility index (Phi) is 10.5. The zero-order chi connectivity index (χ0) is 53.7. The predicted molar refractivity (Wildman–Crippen MR) is 310 cm³/mol. The summed E-state index contributed by atoms with van der Waals surface area (Å²) in [6, 6.07) is 34.5. The first kappa shape index (κ1) is 50.1. The van der Waals surface area contributed by atoms with Gasteiger partial charge in [-0.05, 0) is 211 Å². The summed E-state index contributed by atoms with van der Waals surface area (Å²) in [5.41, 5.74) is 21.8. The average molecular weight is 1010 g/mol. The molecule has 0 amide bonds. The summed E-state index contributed by atoms with van der Waals surface area (Å²) in [5.74, 6) is 0. The summed E-state index contributed by atoms with van der Waals surface area (Å²) >= 11 is 0. The number of benzene rings is 6. The second-order valence-electron chi connectivity index (χ2n) is 28.6. The van der Waals surface area contributed by atoms with Crippen LogP contribution in [0.3, 0.4) is 0 Å². The standard InChI is InChI=1S/C68H76BF3N2O/c1-39-31-55-58-56(32-39)74(53-24-21-42(61(2,3)4)33-44(53)40-17-19-41(20-18-40)68(70,71)72)54-37-50-49(65(11,12)28-29-66(50,13)14)36-52(54)69(58)60-59(45-35-48-51(38-57(45)75-60)67(15,16)30-27-64(48,9)10)73(55)43-22-23-46-47(34-43)63(7,8)26-25-62(46,5)6/h17-24,31-38H,25-30H2,1-16H3. The van der Waals surface area contributed by atoms with Crippen LogP contribution in [-0.4, -0.2) is 6.71 Å². The van der Waals surface area contributed by atoms with E-state index >= 15 is 0 Å². The fraction of sp³-hybridized carbons (Fsp3) is 0.441. The molecule has 3 aliphatic carbocycles. The van der Waals surface area contributed by atoms with Gasteiger partial charge in [0.1, 0.15) is 5.58 Å². The van der Waals surface area contributed by atoms with Crippen LogP contribution in [0.1, 0.15) is 192 Å². The number of alkyl halides is 3.